The van der Waals surface area contributed by atoms with E-state index < -0.39 is 22.4 Å². The van der Waals surface area contributed by atoms with Crippen LogP contribution in [0.25, 0.3) is 0 Å². The average Bonchev–Trinajstić information content (AvgIpc) is 2.55. The summed E-state index contributed by atoms with van der Waals surface area (Å²) in [5, 5.41) is 15.7. The van der Waals surface area contributed by atoms with Gasteiger partial charge in [0.2, 0.25) is 0 Å². The Labute approximate surface area is 146 Å². The van der Waals surface area contributed by atoms with E-state index in [2.05, 4.69) is 0 Å². The predicted molar refractivity (Wildman–Crippen MR) is 87.2 cm³/mol. The first-order valence-corrected chi connectivity index (χ1v) is 7.05. The molecule has 0 radical (unpaired) electrons. The molecule has 0 heterocycles. The maximum Gasteiger partial charge on any atom is 0.336 e. The van der Waals surface area contributed by atoms with Gasteiger partial charge in [0.1, 0.15) is 0 Å². The van der Waals surface area contributed by atoms with Crippen molar-refractivity contribution in [1.82, 2.24) is 0 Å². The van der Waals surface area contributed by atoms with Gasteiger partial charge in [0.05, 0.1) is 11.1 Å². The maximum absolute atomic E-state index is 10.7. The molecule has 0 amide bonds. The highest BCUT2D eigenvalue weighted by atomic mass is 35.5. The highest BCUT2D eigenvalue weighted by Crippen LogP contribution is 2.13. The number of carbonyl (C=O) groups excluding carboxylic acids is 2. The summed E-state index contributed by atoms with van der Waals surface area (Å²) in [7, 11) is 0. The van der Waals surface area contributed by atoms with E-state index >= 15 is 0 Å². The molecular formula is C16H10Cl2O6. The molecule has 2 N–H and O–H groups in total. The quantitative estimate of drug-likeness (QED) is 0.798. The van der Waals surface area contributed by atoms with Crippen LogP contribution in [0.4, 0.5) is 0 Å². The van der Waals surface area contributed by atoms with Gasteiger partial charge >= 0.3 is 11.9 Å². The number of carboxylic acid groups (broad SMARTS) is 2. The summed E-state index contributed by atoms with van der Waals surface area (Å²) in [4.78, 5) is 42.4. The number of aromatic carboxylic acids is 2. The molecule has 0 saturated heterocycles. The van der Waals surface area contributed by atoms with Crippen molar-refractivity contribution in [3.8, 4) is 0 Å². The molecule has 0 aromatic heterocycles. The third-order valence-corrected chi connectivity index (χ3v) is 3.15. The molecule has 0 atom stereocenters. The molecule has 8 heteroatoms. The van der Waals surface area contributed by atoms with E-state index in [9.17, 15) is 19.2 Å². The van der Waals surface area contributed by atoms with E-state index in [1.807, 2.05) is 0 Å². The van der Waals surface area contributed by atoms with Crippen LogP contribution in [-0.4, -0.2) is 32.6 Å². The molecule has 2 aromatic carbocycles. The van der Waals surface area contributed by atoms with Crippen molar-refractivity contribution in [3.63, 3.8) is 0 Å². The highest BCUT2D eigenvalue weighted by Gasteiger charge is 2.13. The van der Waals surface area contributed by atoms with Crippen LogP contribution in [-0.2, 0) is 0 Å². The first-order chi connectivity index (χ1) is 11.3. The van der Waals surface area contributed by atoms with Crippen molar-refractivity contribution in [2.45, 2.75) is 0 Å². The summed E-state index contributed by atoms with van der Waals surface area (Å²) < 4.78 is 0. The topological polar surface area (TPSA) is 109 Å². The minimum Gasteiger partial charge on any atom is -0.478 e. The minimum absolute atomic E-state index is 0.138. The number of carboxylic acids is 2. The molecule has 0 bridgehead atoms. The van der Waals surface area contributed by atoms with Gasteiger partial charge in [-0.15, -0.1) is 0 Å². The fraction of sp³-hybridized carbons (Fsp3) is 0. The van der Waals surface area contributed by atoms with E-state index in [1.165, 1.54) is 36.4 Å². The lowest BCUT2D eigenvalue weighted by Gasteiger charge is -1.98. The van der Waals surface area contributed by atoms with Gasteiger partial charge in [0.15, 0.2) is 0 Å². The SMILES string of the molecule is O=C(Cl)c1ccccc1C(=O)Cl.O=C(O)c1ccccc1C(=O)O. The third kappa shape index (κ3) is 5.19. The lowest BCUT2D eigenvalue weighted by atomic mass is 10.1. The van der Waals surface area contributed by atoms with Gasteiger partial charge in [0, 0.05) is 11.1 Å². The van der Waals surface area contributed by atoms with Gasteiger partial charge in [0.25, 0.3) is 10.5 Å². The Hall–Kier alpha value is -2.70. The van der Waals surface area contributed by atoms with Crippen LogP contribution in [0, 0.1) is 0 Å². The Kier molecular flexibility index (Phi) is 7.10. The third-order valence-electron chi connectivity index (χ3n) is 2.74. The number of hydrogen-bond donors (Lipinski definition) is 2. The van der Waals surface area contributed by atoms with Crippen LogP contribution in [0.15, 0.2) is 48.5 Å². The van der Waals surface area contributed by atoms with Gasteiger partial charge in [-0.3, -0.25) is 9.59 Å². The Morgan fingerprint density at radius 2 is 0.833 bits per heavy atom. The molecule has 6 nitrogen and oxygen atoms in total. The summed E-state index contributed by atoms with van der Waals surface area (Å²) in [5.74, 6) is -2.46. The van der Waals surface area contributed by atoms with Gasteiger partial charge < -0.3 is 10.2 Å². The molecule has 0 unspecified atom stereocenters. The van der Waals surface area contributed by atoms with Crippen LogP contribution in [0.3, 0.4) is 0 Å². The molecular weight excluding hydrogens is 359 g/mol. The number of halogens is 2. The molecule has 2 aromatic rings. The zero-order valence-electron chi connectivity index (χ0n) is 11.9. The first kappa shape index (κ1) is 19.3. The van der Waals surface area contributed by atoms with Crippen molar-refractivity contribution in [2.75, 3.05) is 0 Å². The van der Waals surface area contributed by atoms with Crippen molar-refractivity contribution in [1.29, 1.82) is 0 Å². The van der Waals surface area contributed by atoms with Gasteiger partial charge in [-0.25, -0.2) is 9.59 Å². The fourth-order valence-corrected chi connectivity index (χ4v) is 2.01. The molecule has 0 aliphatic rings. The fourth-order valence-electron chi connectivity index (χ4n) is 1.68. The van der Waals surface area contributed by atoms with E-state index in [-0.39, 0.29) is 22.3 Å². The molecule has 124 valence electrons. The Morgan fingerprint density at radius 1 is 0.583 bits per heavy atom. The molecule has 0 aliphatic heterocycles. The summed E-state index contributed by atoms with van der Waals surface area (Å²) in [6, 6.07) is 11.6. The second-order valence-electron chi connectivity index (χ2n) is 4.25. The molecule has 2 rings (SSSR count). The zero-order chi connectivity index (χ0) is 18.3. The summed E-state index contributed by atoms with van der Waals surface area (Å²) in [5.41, 5.74) is -0.103. The van der Waals surface area contributed by atoms with Gasteiger partial charge in [-0.05, 0) is 47.5 Å². The van der Waals surface area contributed by atoms with E-state index in [4.69, 9.17) is 33.4 Å². The van der Waals surface area contributed by atoms with Crippen molar-refractivity contribution in [2.24, 2.45) is 0 Å². The van der Waals surface area contributed by atoms with Gasteiger partial charge in [-0.1, -0.05) is 24.3 Å². The maximum atomic E-state index is 10.7. The largest absolute Gasteiger partial charge is 0.478 e. The van der Waals surface area contributed by atoms with Crippen LogP contribution in [0.2, 0.25) is 0 Å². The Morgan fingerprint density at radius 3 is 1.04 bits per heavy atom. The van der Waals surface area contributed by atoms with E-state index in [0.717, 1.165) is 0 Å². The number of rotatable bonds is 4. The van der Waals surface area contributed by atoms with Crippen molar-refractivity contribution < 1.29 is 29.4 Å². The normalized spacial score (nSPS) is 9.42. The summed E-state index contributed by atoms with van der Waals surface area (Å²) in [6.07, 6.45) is 0. The standard InChI is InChI=1S/C8H4Cl2O2.C8H6O4/c9-7(11)5-3-1-2-4-6(5)8(10)12;9-7(10)5-3-1-2-4-6(5)8(11)12/h1-4H;1-4H,(H,9,10)(H,11,12). The Balaban J connectivity index is 0.000000240. The molecule has 0 fully saturated rings. The predicted octanol–water partition coefficient (Wildman–Crippen LogP) is 3.53. The number of benzene rings is 2. The summed E-state index contributed by atoms with van der Waals surface area (Å²) >= 11 is 10.4. The second kappa shape index (κ2) is 8.81. The highest BCUT2D eigenvalue weighted by molar-refractivity contribution is 6.71. The van der Waals surface area contributed by atoms with Crippen LogP contribution in [0.5, 0.6) is 0 Å². The smallest absolute Gasteiger partial charge is 0.336 e. The van der Waals surface area contributed by atoms with Gasteiger partial charge in [-0.2, -0.15) is 0 Å². The molecule has 0 saturated carbocycles. The van der Waals surface area contributed by atoms with Crippen molar-refractivity contribution >= 4 is 45.6 Å². The van der Waals surface area contributed by atoms with Crippen LogP contribution < -0.4 is 0 Å². The van der Waals surface area contributed by atoms with Crippen molar-refractivity contribution in [3.05, 3.63) is 70.8 Å². The molecule has 0 aliphatic carbocycles. The average molecular weight is 369 g/mol. The first-order valence-electron chi connectivity index (χ1n) is 6.30. The number of carbonyl (C=O) groups is 4. The van der Waals surface area contributed by atoms with Crippen LogP contribution in [0.1, 0.15) is 41.4 Å². The lowest BCUT2D eigenvalue weighted by Crippen LogP contribution is -2.06. The zero-order valence-corrected chi connectivity index (χ0v) is 13.4. The number of hydrogen-bond acceptors (Lipinski definition) is 4. The van der Waals surface area contributed by atoms with E-state index in [1.54, 1.807) is 12.1 Å². The summed E-state index contributed by atoms with van der Waals surface area (Å²) in [6.45, 7) is 0. The Bertz CT molecular complexity index is 667. The lowest BCUT2D eigenvalue weighted by molar-refractivity contribution is 0.0651. The molecule has 0 spiro atoms. The second-order valence-corrected chi connectivity index (χ2v) is 4.94. The van der Waals surface area contributed by atoms with Crippen LogP contribution >= 0.6 is 23.2 Å². The monoisotopic (exact) mass is 368 g/mol. The van der Waals surface area contributed by atoms with E-state index in [0.29, 0.717) is 0 Å². The minimum atomic E-state index is -1.23. The molecule has 24 heavy (non-hydrogen) atoms.